The fourth-order valence-electron chi connectivity index (χ4n) is 2.50. The Balaban J connectivity index is 1.70. The highest BCUT2D eigenvalue weighted by molar-refractivity contribution is 5.58. The minimum absolute atomic E-state index is 0.197. The molecule has 0 saturated heterocycles. The van der Waals surface area contributed by atoms with Crippen molar-refractivity contribution in [3.8, 4) is 17.2 Å². The van der Waals surface area contributed by atoms with Gasteiger partial charge in [-0.15, -0.1) is 0 Å². The van der Waals surface area contributed by atoms with E-state index in [1.165, 1.54) is 0 Å². The van der Waals surface area contributed by atoms with Crippen molar-refractivity contribution < 1.29 is 14.4 Å². The van der Waals surface area contributed by atoms with Crippen LogP contribution < -0.4 is 10.1 Å². The van der Waals surface area contributed by atoms with Gasteiger partial charge in [-0.05, 0) is 18.2 Å². The predicted molar refractivity (Wildman–Crippen MR) is 98.1 cm³/mol. The molecule has 0 amide bonds. The van der Waals surface area contributed by atoms with E-state index in [4.69, 9.17) is 9.26 Å². The minimum Gasteiger partial charge on any atom is -0.496 e. The number of methoxy groups -OCH3 is 1. The number of ether oxygens (including phenoxy) is 1. The van der Waals surface area contributed by atoms with Crippen molar-refractivity contribution >= 4 is 5.82 Å². The summed E-state index contributed by atoms with van der Waals surface area (Å²) in [7, 11) is 1.58. The van der Waals surface area contributed by atoms with Crippen molar-refractivity contribution in [2.45, 2.75) is 25.9 Å². The van der Waals surface area contributed by atoms with Crippen molar-refractivity contribution in [1.82, 2.24) is 15.1 Å². The van der Waals surface area contributed by atoms with Crippen molar-refractivity contribution in [2.24, 2.45) is 0 Å². The number of aliphatic hydroxyl groups excluding tert-OH is 1. The first-order chi connectivity index (χ1) is 12.6. The zero-order valence-electron chi connectivity index (χ0n) is 15.0. The van der Waals surface area contributed by atoms with E-state index in [9.17, 15) is 5.11 Å². The van der Waals surface area contributed by atoms with Crippen LogP contribution in [0.5, 0.6) is 5.75 Å². The number of pyridine rings is 1. The summed E-state index contributed by atoms with van der Waals surface area (Å²) in [6.07, 6.45) is 0.930. The van der Waals surface area contributed by atoms with Crippen LogP contribution in [-0.4, -0.2) is 33.9 Å². The fraction of sp³-hybridized carbons (Fsp3) is 0.316. The number of para-hydroxylation sites is 1. The minimum atomic E-state index is -0.729. The number of aliphatic hydroxyl groups is 1. The molecule has 0 aliphatic carbocycles. The first kappa shape index (κ1) is 17.9. The SMILES string of the molecule is COc1ccccc1C(O)CNc1cc(-c2nc(C(C)C)no2)ccn1. The molecule has 0 fully saturated rings. The summed E-state index contributed by atoms with van der Waals surface area (Å²) < 4.78 is 10.6. The molecule has 0 aliphatic rings. The topological polar surface area (TPSA) is 93.3 Å². The second-order valence-corrected chi connectivity index (χ2v) is 6.18. The van der Waals surface area contributed by atoms with E-state index in [0.717, 1.165) is 11.1 Å². The Morgan fingerprint density at radius 1 is 1.23 bits per heavy atom. The highest BCUT2D eigenvalue weighted by Crippen LogP contribution is 2.26. The number of aromatic nitrogens is 3. The van der Waals surface area contributed by atoms with Crippen LogP contribution >= 0.6 is 0 Å². The smallest absolute Gasteiger partial charge is 0.258 e. The van der Waals surface area contributed by atoms with Gasteiger partial charge in [0.25, 0.3) is 5.89 Å². The van der Waals surface area contributed by atoms with Gasteiger partial charge < -0.3 is 19.7 Å². The lowest BCUT2D eigenvalue weighted by atomic mass is 10.1. The highest BCUT2D eigenvalue weighted by atomic mass is 16.5. The van der Waals surface area contributed by atoms with Gasteiger partial charge in [-0.25, -0.2) is 4.98 Å². The van der Waals surface area contributed by atoms with Crippen LogP contribution in [0.2, 0.25) is 0 Å². The zero-order chi connectivity index (χ0) is 18.5. The van der Waals surface area contributed by atoms with E-state index in [2.05, 4.69) is 20.4 Å². The van der Waals surface area contributed by atoms with Gasteiger partial charge in [0.05, 0.1) is 13.2 Å². The molecule has 3 rings (SSSR count). The van der Waals surface area contributed by atoms with E-state index in [0.29, 0.717) is 23.3 Å². The average Bonchev–Trinajstić information content (AvgIpc) is 3.17. The van der Waals surface area contributed by atoms with Gasteiger partial charge in [0.2, 0.25) is 0 Å². The summed E-state index contributed by atoms with van der Waals surface area (Å²) in [5.74, 6) is 2.57. The third-order valence-electron chi connectivity index (χ3n) is 3.94. The molecule has 1 unspecified atom stereocenters. The molecule has 0 bridgehead atoms. The van der Waals surface area contributed by atoms with E-state index < -0.39 is 6.10 Å². The van der Waals surface area contributed by atoms with Crippen molar-refractivity contribution in [3.63, 3.8) is 0 Å². The first-order valence-electron chi connectivity index (χ1n) is 8.43. The van der Waals surface area contributed by atoms with Gasteiger partial charge in [-0.3, -0.25) is 0 Å². The molecule has 1 aromatic carbocycles. The number of nitrogens with one attached hydrogen (secondary N) is 1. The van der Waals surface area contributed by atoms with Crippen molar-refractivity contribution in [2.75, 3.05) is 19.0 Å². The van der Waals surface area contributed by atoms with E-state index in [-0.39, 0.29) is 12.5 Å². The Hall–Kier alpha value is -2.93. The van der Waals surface area contributed by atoms with Crippen molar-refractivity contribution in [3.05, 3.63) is 54.0 Å². The van der Waals surface area contributed by atoms with E-state index >= 15 is 0 Å². The molecule has 1 atom stereocenters. The molecule has 0 saturated carbocycles. The zero-order valence-corrected chi connectivity index (χ0v) is 15.0. The Labute approximate surface area is 152 Å². The summed E-state index contributed by atoms with van der Waals surface area (Å²) in [5.41, 5.74) is 1.49. The van der Waals surface area contributed by atoms with Crippen LogP contribution in [0.4, 0.5) is 5.82 Å². The third kappa shape index (κ3) is 4.00. The number of benzene rings is 1. The summed E-state index contributed by atoms with van der Waals surface area (Å²) in [6, 6.07) is 11.0. The molecule has 0 radical (unpaired) electrons. The molecule has 7 heteroatoms. The van der Waals surface area contributed by atoms with Crippen LogP contribution in [0, 0.1) is 0 Å². The van der Waals surface area contributed by atoms with Gasteiger partial charge in [0, 0.05) is 29.8 Å². The number of hydrogen-bond donors (Lipinski definition) is 2. The first-order valence-corrected chi connectivity index (χ1v) is 8.43. The Morgan fingerprint density at radius 3 is 2.77 bits per heavy atom. The molecular formula is C19H22N4O3. The molecule has 2 aromatic heterocycles. The highest BCUT2D eigenvalue weighted by Gasteiger charge is 2.14. The third-order valence-corrected chi connectivity index (χ3v) is 3.94. The van der Waals surface area contributed by atoms with Gasteiger partial charge in [0.15, 0.2) is 5.82 Å². The Bertz CT molecular complexity index is 863. The molecule has 3 aromatic rings. The van der Waals surface area contributed by atoms with Gasteiger partial charge in [-0.2, -0.15) is 4.98 Å². The Morgan fingerprint density at radius 2 is 2.04 bits per heavy atom. The maximum atomic E-state index is 10.4. The van der Waals surface area contributed by atoms with Crippen LogP contribution in [-0.2, 0) is 0 Å². The standard InChI is InChI=1S/C19H22N4O3/c1-12(2)18-22-19(26-23-18)13-8-9-20-17(10-13)21-11-15(24)14-6-4-5-7-16(14)25-3/h4-10,12,15,24H,11H2,1-3H3,(H,20,21). The van der Waals surface area contributed by atoms with Crippen LogP contribution in [0.3, 0.4) is 0 Å². The number of hydrogen-bond acceptors (Lipinski definition) is 7. The van der Waals surface area contributed by atoms with Crippen LogP contribution in [0.1, 0.15) is 37.3 Å². The maximum Gasteiger partial charge on any atom is 0.258 e. The Kier molecular flexibility index (Phi) is 5.48. The van der Waals surface area contributed by atoms with E-state index in [1.54, 1.807) is 19.4 Å². The quantitative estimate of drug-likeness (QED) is 0.671. The molecular weight excluding hydrogens is 332 g/mol. The number of rotatable bonds is 7. The second-order valence-electron chi connectivity index (χ2n) is 6.18. The largest absolute Gasteiger partial charge is 0.496 e. The molecule has 0 spiro atoms. The summed E-state index contributed by atoms with van der Waals surface area (Å²) in [6.45, 7) is 4.30. The molecule has 7 nitrogen and oxygen atoms in total. The average molecular weight is 354 g/mol. The van der Waals surface area contributed by atoms with Crippen LogP contribution in [0.15, 0.2) is 47.1 Å². The fourth-order valence-corrected chi connectivity index (χ4v) is 2.50. The predicted octanol–water partition coefficient (Wildman–Crippen LogP) is 3.41. The molecule has 2 heterocycles. The number of anilines is 1. The lowest BCUT2D eigenvalue weighted by Gasteiger charge is -2.15. The van der Waals surface area contributed by atoms with Crippen molar-refractivity contribution in [1.29, 1.82) is 0 Å². The summed E-state index contributed by atoms with van der Waals surface area (Å²) >= 11 is 0. The van der Waals surface area contributed by atoms with Gasteiger partial charge in [0.1, 0.15) is 11.6 Å². The number of nitrogens with zero attached hydrogens (tertiary/aromatic N) is 3. The molecule has 136 valence electrons. The van der Waals surface area contributed by atoms with Gasteiger partial charge >= 0.3 is 0 Å². The monoisotopic (exact) mass is 354 g/mol. The van der Waals surface area contributed by atoms with Crippen LogP contribution in [0.25, 0.3) is 11.5 Å². The maximum absolute atomic E-state index is 10.4. The second kappa shape index (κ2) is 7.97. The van der Waals surface area contributed by atoms with Gasteiger partial charge in [-0.1, -0.05) is 37.2 Å². The lowest BCUT2D eigenvalue weighted by Crippen LogP contribution is -2.13. The molecule has 0 aliphatic heterocycles. The summed E-state index contributed by atoms with van der Waals surface area (Å²) in [5, 5.41) is 17.5. The molecule has 2 N–H and O–H groups in total. The summed E-state index contributed by atoms with van der Waals surface area (Å²) in [4.78, 5) is 8.66. The van der Waals surface area contributed by atoms with E-state index in [1.807, 2.05) is 44.2 Å². The lowest BCUT2D eigenvalue weighted by molar-refractivity contribution is 0.187. The normalized spacial score (nSPS) is 12.2. The molecule has 26 heavy (non-hydrogen) atoms.